The Hall–Kier alpha value is -3.02. The van der Waals surface area contributed by atoms with E-state index in [0.29, 0.717) is 42.6 Å². The molecule has 0 aliphatic carbocycles. The first-order valence-corrected chi connectivity index (χ1v) is 13.4. The molecule has 0 saturated carbocycles. The molecule has 36 heavy (non-hydrogen) atoms. The van der Waals surface area contributed by atoms with Crippen LogP contribution in [-0.2, 0) is 0 Å². The lowest BCUT2D eigenvalue weighted by atomic mass is 10.00. The van der Waals surface area contributed by atoms with Gasteiger partial charge < -0.3 is 19.3 Å². The van der Waals surface area contributed by atoms with Gasteiger partial charge in [0.15, 0.2) is 23.1 Å². The maximum Gasteiger partial charge on any atom is 0.203 e. The molecular formula is C30H42O6. The summed E-state index contributed by atoms with van der Waals surface area (Å²) in [5, 5.41) is 10.0. The van der Waals surface area contributed by atoms with Gasteiger partial charge in [0.25, 0.3) is 0 Å². The normalized spacial score (nSPS) is 10.8. The Morgan fingerprint density at radius 1 is 0.694 bits per heavy atom. The number of benzene rings is 2. The maximum absolute atomic E-state index is 13.2. The second kappa shape index (κ2) is 16.6. The van der Waals surface area contributed by atoms with Gasteiger partial charge in [-0.2, -0.15) is 0 Å². The maximum atomic E-state index is 13.2. The average molecular weight is 499 g/mol. The monoisotopic (exact) mass is 498 g/mol. The summed E-state index contributed by atoms with van der Waals surface area (Å²) in [5.74, 6) is 0.517. The second-order valence-electron chi connectivity index (χ2n) is 9.01. The van der Waals surface area contributed by atoms with Crippen molar-refractivity contribution in [3.8, 4) is 23.0 Å². The smallest absolute Gasteiger partial charge is 0.203 e. The quantitative estimate of drug-likeness (QED) is 0.122. The van der Waals surface area contributed by atoms with Crippen LogP contribution in [0.25, 0.3) is 0 Å². The lowest BCUT2D eigenvalue weighted by molar-refractivity contribution is 0.0892. The zero-order chi connectivity index (χ0) is 26.2. The molecule has 2 aromatic carbocycles. The van der Waals surface area contributed by atoms with Crippen LogP contribution in [0.15, 0.2) is 36.4 Å². The molecule has 0 atom stereocenters. The Balaban J connectivity index is 2.33. The average Bonchev–Trinajstić information content (AvgIpc) is 2.87. The molecule has 0 bridgehead atoms. The molecule has 2 rings (SSSR count). The highest BCUT2D eigenvalue weighted by atomic mass is 16.5. The summed E-state index contributed by atoms with van der Waals surface area (Å²) in [7, 11) is 0. The van der Waals surface area contributed by atoms with E-state index >= 15 is 0 Å². The van der Waals surface area contributed by atoms with E-state index in [1.54, 1.807) is 24.3 Å². The molecule has 0 aliphatic rings. The topological polar surface area (TPSA) is 82.1 Å². The summed E-state index contributed by atoms with van der Waals surface area (Å²) in [6.45, 7) is 7.94. The van der Waals surface area contributed by atoms with Crippen LogP contribution in [0.4, 0.5) is 0 Å². The standard InChI is InChI=1S/C30H42O6/c1-4-7-12-17-34-28-20-23(26(32)22-27(33)24-15-10-11-16-25(24)31)21-29(35-18-13-8-5-2)30(28)36-19-14-9-6-3/h10-11,15-16,20-21,31H,4-9,12-14,17-19,22H2,1-3H3. The van der Waals surface area contributed by atoms with Crippen molar-refractivity contribution in [3.63, 3.8) is 0 Å². The highest BCUT2D eigenvalue weighted by Crippen LogP contribution is 2.40. The van der Waals surface area contributed by atoms with Crippen molar-refractivity contribution in [2.75, 3.05) is 19.8 Å². The van der Waals surface area contributed by atoms with Gasteiger partial charge in [0.05, 0.1) is 31.8 Å². The van der Waals surface area contributed by atoms with Crippen LogP contribution < -0.4 is 14.2 Å². The Morgan fingerprint density at radius 2 is 1.19 bits per heavy atom. The van der Waals surface area contributed by atoms with Crippen LogP contribution in [0.5, 0.6) is 23.0 Å². The number of hydrogen-bond donors (Lipinski definition) is 1. The van der Waals surface area contributed by atoms with Crippen LogP contribution in [0, 0.1) is 0 Å². The summed E-state index contributed by atoms with van der Waals surface area (Å²) >= 11 is 0. The molecule has 0 amide bonds. The largest absolute Gasteiger partial charge is 0.507 e. The number of unbranched alkanes of at least 4 members (excludes halogenated alkanes) is 6. The molecule has 198 valence electrons. The zero-order valence-corrected chi connectivity index (χ0v) is 22.1. The van der Waals surface area contributed by atoms with Gasteiger partial charge in [0.1, 0.15) is 5.75 Å². The number of Topliss-reactive ketones (excluding diaryl/α,β-unsaturated/α-hetero) is 2. The van der Waals surface area contributed by atoms with E-state index < -0.39 is 5.78 Å². The fraction of sp³-hybridized carbons (Fsp3) is 0.533. The minimum atomic E-state index is -0.436. The van der Waals surface area contributed by atoms with E-state index in [9.17, 15) is 14.7 Å². The molecule has 0 aromatic heterocycles. The van der Waals surface area contributed by atoms with Crippen LogP contribution in [-0.4, -0.2) is 36.5 Å². The van der Waals surface area contributed by atoms with E-state index in [4.69, 9.17) is 14.2 Å². The van der Waals surface area contributed by atoms with Gasteiger partial charge in [-0.3, -0.25) is 9.59 Å². The van der Waals surface area contributed by atoms with Gasteiger partial charge in [-0.25, -0.2) is 0 Å². The lowest BCUT2D eigenvalue weighted by Gasteiger charge is -2.18. The minimum Gasteiger partial charge on any atom is -0.507 e. The molecule has 0 radical (unpaired) electrons. The molecular weight excluding hydrogens is 456 g/mol. The van der Waals surface area contributed by atoms with Crippen molar-refractivity contribution in [1.82, 2.24) is 0 Å². The summed E-state index contributed by atoms with van der Waals surface area (Å²) in [6, 6.07) is 9.56. The molecule has 0 aliphatic heterocycles. The van der Waals surface area contributed by atoms with Crippen molar-refractivity contribution < 1.29 is 28.9 Å². The number of rotatable bonds is 19. The SMILES string of the molecule is CCCCCOc1cc(C(=O)CC(=O)c2ccccc2O)cc(OCCCCC)c1OCCCCC. The number of carbonyl (C=O) groups is 2. The van der Waals surface area contributed by atoms with E-state index in [0.717, 1.165) is 57.8 Å². The first kappa shape index (κ1) is 29.2. The number of ketones is 2. The highest BCUT2D eigenvalue weighted by Gasteiger charge is 2.22. The fourth-order valence-corrected chi connectivity index (χ4v) is 3.74. The molecule has 0 saturated heterocycles. The number of hydrogen-bond acceptors (Lipinski definition) is 6. The number of phenolic OH excluding ortho intramolecular Hbond substituents is 1. The summed E-state index contributed by atoms with van der Waals surface area (Å²) in [5.41, 5.74) is 0.462. The van der Waals surface area contributed by atoms with Gasteiger partial charge in [0.2, 0.25) is 5.75 Å². The molecule has 0 fully saturated rings. The molecule has 0 unspecified atom stereocenters. The van der Waals surface area contributed by atoms with Crippen molar-refractivity contribution in [3.05, 3.63) is 47.5 Å². The summed E-state index contributed by atoms with van der Waals surface area (Å²) < 4.78 is 18.3. The summed E-state index contributed by atoms with van der Waals surface area (Å²) in [4.78, 5) is 25.9. The predicted octanol–water partition coefficient (Wildman–Crippen LogP) is 7.55. The number of carbonyl (C=O) groups excluding carboxylic acids is 2. The summed E-state index contributed by atoms with van der Waals surface area (Å²) in [6.07, 6.45) is 8.71. The molecule has 0 heterocycles. The molecule has 6 heteroatoms. The predicted molar refractivity (Wildman–Crippen MR) is 143 cm³/mol. The van der Waals surface area contributed by atoms with Crippen molar-refractivity contribution >= 4 is 11.6 Å². The van der Waals surface area contributed by atoms with Gasteiger partial charge in [-0.1, -0.05) is 71.4 Å². The molecule has 0 spiro atoms. The minimum absolute atomic E-state index is 0.133. The Labute approximate surface area is 216 Å². The van der Waals surface area contributed by atoms with Crippen molar-refractivity contribution in [1.29, 1.82) is 0 Å². The first-order valence-electron chi connectivity index (χ1n) is 13.4. The van der Waals surface area contributed by atoms with Crippen molar-refractivity contribution in [2.45, 2.75) is 85.0 Å². The number of ether oxygens (including phenoxy) is 3. The number of phenols is 1. The third-order valence-corrected chi connectivity index (χ3v) is 5.87. The Morgan fingerprint density at radius 3 is 1.69 bits per heavy atom. The molecule has 6 nitrogen and oxygen atoms in total. The third-order valence-electron chi connectivity index (χ3n) is 5.87. The number of aromatic hydroxyl groups is 1. The van der Waals surface area contributed by atoms with Crippen LogP contribution in [0.3, 0.4) is 0 Å². The first-order chi connectivity index (χ1) is 17.5. The molecule has 1 N–H and O–H groups in total. The second-order valence-corrected chi connectivity index (χ2v) is 9.01. The van der Waals surface area contributed by atoms with Crippen LogP contribution in [0.2, 0.25) is 0 Å². The highest BCUT2D eigenvalue weighted by molar-refractivity contribution is 6.14. The van der Waals surface area contributed by atoms with Crippen LogP contribution >= 0.6 is 0 Å². The van der Waals surface area contributed by atoms with Gasteiger partial charge in [0, 0.05) is 5.56 Å². The Kier molecular flexibility index (Phi) is 13.5. The van der Waals surface area contributed by atoms with Gasteiger partial charge in [-0.05, 0) is 43.5 Å². The Bertz CT molecular complexity index is 919. The third kappa shape index (κ3) is 9.56. The molecule has 2 aromatic rings. The fourth-order valence-electron chi connectivity index (χ4n) is 3.74. The van der Waals surface area contributed by atoms with Gasteiger partial charge >= 0.3 is 0 Å². The van der Waals surface area contributed by atoms with E-state index in [1.807, 2.05) is 0 Å². The van der Waals surface area contributed by atoms with E-state index in [2.05, 4.69) is 20.8 Å². The number of para-hydroxylation sites is 1. The van der Waals surface area contributed by atoms with E-state index in [-0.39, 0.29) is 23.5 Å². The zero-order valence-electron chi connectivity index (χ0n) is 22.1. The lowest BCUT2D eigenvalue weighted by Crippen LogP contribution is -2.11. The van der Waals surface area contributed by atoms with Crippen molar-refractivity contribution in [2.24, 2.45) is 0 Å². The van der Waals surface area contributed by atoms with Crippen LogP contribution in [0.1, 0.15) is 106 Å². The van der Waals surface area contributed by atoms with Gasteiger partial charge in [-0.15, -0.1) is 0 Å². The van der Waals surface area contributed by atoms with E-state index in [1.165, 1.54) is 12.1 Å².